The summed E-state index contributed by atoms with van der Waals surface area (Å²) in [6.45, 7) is 0. The molecule has 0 aliphatic heterocycles. The van der Waals surface area contributed by atoms with E-state index in [1.165, 1.54) is 11.8 Å². The van der Waals surface area contributed by atoms with Crippen LogP contribution in [-0.4, -0.2) is 10.2 Å². The lowest BCUT2D eigenvalue weighted by Crippen LogP contribution is -1.90. The maximum Gasteiger partial charge on any atom is 0.320 e. The van der Waals surface area contributed by atoms with Crippen LogP contribution in [0.1, 0.15) is 5.56 Å². The molecule has 0 atom stereocenters. The van der Waals surface area contributed by atoms with Crippen molar-refractivity contribution >= 4 is 46.7 Å². The number of benzene rings is 2. The highest BCUT2D eigenvalue weighted by Crippen LogP contribution is 2.38. The van der Waals surface area contributed by atoms with Crippen LogP contribution in [0.3, 0.4) is 0 Å². The van der Waals surface area contributed by atoms with Gasteiger partial charge in [0.1, 0.15) is 0 Å². The van der Waals surface area contributed by atoms with Gasteiger partial charge in [-0.3, -0.25) is 0 Å². The number of hydrogen-bond donors (Lipinski definition) is 1. The Kier molecular flexibility index (Phi) is 4.72. The summed E-state index contributed by atoms with van der Waals surface area (Å²) in [4.78, 5) is 0.657. The summed E-state index contributed by atoms with van der Waals surface area (Å²) in [7, 11) is 0. The summed E-state index contributed by atoms with van der Waals surface area (Å²) in [6.07, 6.45) is 0. The van der Waals surface area contributed by atoms with Crippen molar-refractivity contribution in [2.24, 2.45) is 0 Å². The van der Waals surface area contributed by atoms with Gasteiger partial charge in [-0.1, -0.05) is 39.5 Å². The number of nitrogens with zero attached hydrogens (tertiary/aromatic N) is 3. The Hall–Kier alpha value is -2.20. The Labute approximate surface area is 146 Å². The molecule has 114 valence electrons. The van der Waals surface area contributed by atoms with Crippen LogP contribution in [0.25, 0.3) is 0 Å². The molecule has 5 nitrogen and oxygen atoms in total. The Morgan fingerprint density at radius 2 is 1.74 bits per heavy atom. The first-order valence-corrected chi connectivity index (χ1v) is 7.95. The molecule has 0 fully saturated rings. The predicted molar refractivity (Wildman–Crippen MR) is 89.3 cm³/mol. The molecule has 1 N–H and O–H groups in total. The second-order valence-electron chi connectivity index (χ2n) is 4.34. The second-order valence-corrected chi connectivity index (χ2v) is 6.12. The van der Waals surface area contributed by atoms with Gasteiger partial charge in [-0.05, 0) is 48.2 Å². The van der Waals surface area contributed by atoms with Crippen molar-refractivity contribution in [3.8, 4) is 6.07 Å². The topological polar surface area (TPSA) is 74.7 Å². The van der Waals surface area contributed by atoms with E-state index >= 15 is 0 Å². The van der Waals surface area contributed by atoms with E-state index in [1.807, 2.05) is 0 Å². The van der Waals surface area contributed by atoms with E-state index in [0.717, 1.165) is 5.69 Å². The minimum Gasteiger partial charge on any atom is -0.397 e. The molecular weight excluding hydrogens is 355 g/mol. The van der Waals surface area contributed by atoms with Crippen LogP contribution >= 0.6 is 35.0 Å². The SMILES string of the molecule is N#Cc1ccc(Nc2nnc(Sc3c(Cl)cccc3Cl)o2)cc1. The van der Waals surface area contributed by atoms with E-state index in [9.17, 15) is 0 Å². The van der Waals surface area contributed by atoms with Gasteiger partial charge in [0.05, 0.1) is 26.6 Å². The normalized spacial score (nSPS) is 10.3. The number of nitriles is 1. The Morgan fingerprint density at radius 1 is 1.04 bits per heavy atom. The number of anilines is 2. The minimum atomic E-state index is 0.236. The highest BCUT2D eigenvalue weighted by Gasteiger charge is 2.13. The van der Waals surface area contributed by atoms with Gasteiger partial charge in [-0.15, -0.1) is 0 Å². The third-order valence-electron chi connectivity index (χ3n) is 2.78. The molecule has 23 heavy (non-hydrogen) atoms. The molecule has 0 radical (unpaired) electrons. The van der Waals surface area contributed by atoms with Crippen LogP contribution in [0.5, 0.6) is 0 Å². The Morgan fingerprint density at radius 3 is 2.39 bits per heavy atom. The van der Waals surface area contributed by atoms with Crippen molar-refractivity contribution in [3.63, 3.8) is 0 Å². The van der Waals surface area contributed by atoms with Crippen LogP contribution in [0.2, 0.25) is 10.0 Å². The zero-order valence-corrected chi connectivity index (χ0v) is 13.8. The Balaban J connectivity index is 1.74. The van der Waals surface area contributed by atoms with Crippen LogP contribution in [-0.2, 0) is 0 Å². The van der Waals surface area contributed by atoms with E-state index in [-0.39, 0.29) is 6.01 Å². The van der Waals surface area contributed by atoms with E-state index in [1.54, 1.807) is 42.5 Å². The molecule has 3 rings (SSSR count). The largest absolute Gasteiger partial charge is 0.397 e. The van der Waals surface area contributed by atoms with Gasteiger partial charge in [0.25, 0.3) is 5.22 Å². The van der Waals surface area contributed by atoms with Gasteiger partial charge in [-0.25, -0.2) is 0 Å². The van der Waals surface area contributed by atoms with Crippen molar-refractivity contribution in [2.75, 3.05) is 5.32 Å². The summed E-state index contributed by atoms with van der Waals surface area (Å²) >= 11 is 13.4. The van der Waals surface area contributed by atoms with Crippen molar-refractivity contribution < 1.29 is 4.42 Å². The minimum absolute atomic E-state index is 0.236. The predicted octanol–water partition coefficient (Wildman–Crippen LogP) is 5.14. The molecule has 0 aliphatic carbocycles. The van der Waals surface area contributed by atoms with E-state index in [4.69, 9.17) is 32.9 Å². The number of rotatable bonds is 4. The van der Waals surface area contributed by atoms with Crippen molar-refractivity contribution in [1.82, 2.24) is 10.2 Å². The van der Waals surface area contributed by atoms with Crippen molar-refractivity contribution in [3.05, 3.63) is 58.1 Å². The first-order chi connectivity index (χ1) is 11.2. The van der Waals surface area contributed by atoms with Crippen LogP contribution in [0, 0.1) is 11.3 Å². The third kappa shape index (κ3) is 3.77. The monoisotopic (exact) mass is 362 g/mol. The lowest BCUT2D eigenvalue weighted by atomic mass is 10.2. The summed E-state index contributed by atoms with van der Waals surface area (Å²) in [6, 6.07) is 14.4. The number of aromatic nitrogens is 2. The fourth-order valence-electron chi connectivity index (χ4n) is 1.72. The molecule has 0 saturated heterocycles. The first kappa shape index (κ1) is 15.7. The van der Waals surface area contributed by atoms with Crippen molar-refractivity contribution in [1.29, 1.82) is 5.26 Å². The second kappa shape index (κ2) is 6.92. The smallest absolute Gasteiger partial charge is 0.320 e. The van der Waals surface area contributed by atoms with Gasteiger partial charge in [0.15, 0.2) is 0 Å². The number of hydrogen-bond acceptors (Lipinski definition) is 6. The highest BCUT2D eigenvalue weighted by atomic mass is 35.5. The van der Waals surface area contributed by atoms with Gasteiger partial charge in [0.2, 0.25) is 0 Å². The zero-order valence-electron chi connectivity index (χ0n) is 11.5. The third-order valence-corrected chi connectivity index (χ3v) is 4.62. The number of halogens is 2. The van der Waals surface area contributed by atoms with Gasteiger partial charge >= 0.3 is 6.01 Å². The lowest BCUT2D eigenvalue weighted by molar-refractivity contribution is 0.468. The Bertz CT molecular complexity index is 854. The molecule has 0 saturated carbocycles. The van der Waals surface area contributed by atoms with E-state index in [2.05, 4.69) is 21.6 Å². The number of nitrogens with one attached hydrogen (secondary N) is 1. The van der Waals surface area contributed by atoms with E-state index in [0.29, 0.717) is 25.7 Å². The molecule has 3 aromatic rings. The quantitative estimate of drug-likeness (QED) is 0.692. The fourth-order valence-corrected chi connectivity index (χ4v) is 3.06. The van der Waals surface area contributed by atoms with Crippen molar-refractivity contribution in [2.45, 2.75) is 10.1 Å². The summed E-state index contributed by atoms with van der Waals surface area (Å²) < 4.78 is 5.51. The molecule has 0 bridgehead atoms. The van der Waals surface area contributed by atoms with E-state index < -0.39 is 0 Å². The maximum absolute atomic E-state index is 8.77. The molecule has 8 heteroatoms. The first-order valence-electron chi connectivity index (χ1n) is 6.38. The van der Waals surface area contributed by atoms with Gasteiger partial charge in [-0.2, -0.15) is 5.26 Å². The fraction of sp³-hybridized carbons (Fsp3) is 0. The molecule has 0 unspecified atom stereocenters. The molecule has 0 spiro atoms. The molecule has 1 heterocycles. The molecule has 2 aromatic carbocycles. The van der Waals surface area contributed by atoms with Gasteiger partial charge < -0.3 is 9.73 Å². The molecule has 1 aromatic heterocycles. The molecule has 0 amide bonds. The molecular formula is C15H8Cl2N4OS. The van der Waals surface area contributed by atoms with Crippen LogP contribution in [0.4, 0.5) is 11.7 Å². The summed E-state index contributed by atoms with van der Waals surface area (Å²) in [5.74, 6) is 0. The average molecular weight is 363 g/mol. The highest BCUT2D eigenvalue weighted by molar-refractivity contribution is 7.99. The zero-order chi connectivity index (χ0) is 16.2. The van der Waals surface area contributed by atoms with Crippen LogP contribution in [0.15, 0.2) is 57.0 Å². The summed E-state index contributed by atoms with van der Waals surface area (Å²) in [5.41, 5.74) is 1.31. The van der Waals surface area contributed by atoms with Gasteiger partial charge in [0, 0.05) is 5.69 Å². The van der Waals surface area contributed by atoms with Crippen LogP contribution < -0.4 is 5.32 Å². The lowest BCUT2D eigenvalue weighted by Gasteiger charge is -2.02. The standard InChI is InChI=1S/C15H8Cl2N4OS/c16-11-2-1-3-12(17)13(11)23-15-21-20-14(22-15)19-10-6-4-9(8-18)5-7-10/h1-7H,(H,19,20). The molecule has 0 aliphatic rings. The maximum atomic E-state index is 8.77. The average Bonchev–Trinajstić information content (AvgIpc) is 2.99. The summed E-state index contributed by atoms with van der Waals surface area (Å²) in [5, 5.41) is 20.9.